The molecule has 0 radical (unpaired) electrons. The summed E-state index contributed by atoms with van der Waals surface area (Å²) in [6.45, 7) is 5.29. The summed E-state index contributed by atoms with van der Waals surface area (Å²) in [6, 6.07) is 1.38. The maximum Gasteiger partial charge on any atom is 0.509 e. The first-order chi connectivity index (χ1) is 9.74. The van der Waals surface area contributed by atoms with Crippen LogP contribution in [0.1, 0.15) is 33.2 Å². The maximum absolute atomic E-state index is 11.6. The number of nitro groups is 1. The van der Waals surface area contributed by atoms with Crippen LogP contribution in [-0.4, -0.2) is 27.4 Å². The van der Waals surface area contributed by atoms with Crippen molar-refractivity contribution in [2.75, 3.05) is 0 Å². The molecule has 1 aromatic rings. The molecule has 2 rings (SSSR count). The van der Waals surface area contributed by atoms with Crippen LogP contribution in [0.4, 0.5) is 10.5 Å². The standard InChI is InChI=1S/C14H18N2O5/c1-14(2,3)21-13(17)20-12-5-4-10(8-12)15-7-6-11(9-15)16(18)19/h4-7,9-10,12H,8H2,1-3H3/t10-,12+/m1/s1. The molecular formula is C14H18N2O5. The molecule has 1 aromatic heterocycles. The Bertz CT molecular complexity index is 570. The molecule has 0 N–H and O–H groups in total. The highest BCUT2D eigenvalue weighted by Crippen LogP contribution is 2.27. The maximum atomic E-state index is 11.6. The number of ether oxygens (including phenoxy) is 2. The van der Waals surface area contributed by atoms with Crippen molar-refractivity contribution < 1.29 is 19.2 Å². The van der Waals surface area contributed by atoms with Crippen LogP contribution in [0.5, 0.6) is 0 Å². The largest absolute Gasteiger partial charge is 0.509 e. The van der Waals surface area contributed by atoms with E-state index in [-0.39, 0.29) is 17.8 Å². The predicted molar refractivity (Wildman–Crippen MR) is 75.0 cm³/mol. The molecule has 1 aliphatic rings. The fourth-order valence-electron chi connectivity index (χ4n) is 2.07. The molecule has 0 saturated carbocycles. The number of hydrogen-bond acceptors (Lipinski definition) is 5. The van der Waals surface area contributed by atoms with E-state index in [0.29, 0.717) is 6.42 Å². The van der Waals surface area contributed by atoms with E-state index in [9.17, 15) is 14.9 Å². The predicted octanol–water partition coefficient (Wildman–Crippen LogP) is 3.22. The first-order valence-electron chi connectivity index (χ1n) is 6.64. The lowest BCUT2D eigenvalue weighted by Crippen LogP contribution is -2.27. The lowest BCUT2D eigenvalue weighted by molar-refractivity contribution is -0.384. The van der Waals surface area contributed by atoms with Crippen LogP contribution < -0.4 is 0 Å². The summed E-state index contributed by atoms with van der Waals surface area (Å²) in [4.78, 5) is 21.8. The Morgan fingerprint density at radius 2 is 2.14 bits per heavy atom. The highest BCUT2D eigenvalue weighted by molar-refractivity contribution is 5.61. The van der Waals surface area contributed by atoms with E-state index in [1.165, 1.54) is 12.3 Å². The monoisotopic (exact) mass is 294 g/mol. The minimum absolute atomic E-state index is 0.0416. The van der Waals surface area contributed by atoms with Gasteiger partial charge in [0.15, 0.2) is 0 Å². The number of hydrogen-bond donors (Lipinski definition) is 0. The summed E-state index contributed by atoms with van der Waals surface area (Å²) in [5.74, 6) is 0. The molecule has 114 valence electrons. The Labute approximate surface area is 122 Å². The molecule has 0 fully saturated rings. The van der Waals surface area contributed by atoms with Gasteiger partial charge in [0.2, 0.25) is 0 Å². The van der Waals surface area contributed by atoms with E-state index >= 15 is 0 Å². The van der Waals surface area contributed by atoms with Crippen LogP contribution in [-0.2, 0) is 9.47 Å². The molecule has 2 atom stereocenters. The first kappa shape index (κ1) is 15.1. The molecule has 0 unspecified atom stereocenters. The molecule has 0 aromatic carbocycles. The normalized spacial score (nSPS) is 21.3. The van der Waals surface area contributed by atoms with Gasteiger partial charge in [0.25, 0.3) is 5.69 Å². The Balaban J connectivity index is 1.90. The van der Waals surface area contributed by atoms with Crippen molar-refractivity contribution in [3.8, 4) is 0 Å². The van der Waals surface area contributed by atoms with Gasteiger partial charge in [-0.25, -0.2) is 4.79 Å². The highest BCUT2D eigenvalue weighted by atomic mass is 16.7. The van der Waals surface area contributed by atoms with Gasteiger partial charge in [-0.3, -0.25) is 10.1 Å². The van der Waals surface area contributed by atoms with Gasteiger partial charge in [0, 0.05) is 18.7 Å². The van der Waals surface area contributed by atoms with Crippen molar-refractivity contribution in [1.82, 2.24) is 4.57 Å². The third-order valence-electron chi connectivity index (χ3n) is 2.95. The minimum atomic E-state index is -0.712. The number of carbonyl (C=O) groups is 1. The first-order valence-corrected chi connectivity index (χ1v) is 6.64. The number of aromatic nitrogens is 1. The smallest absolute Gasteiger partial charge is 0.429 e. The van der Waals surface area contributed by atoms with Crippen LogP contribution >= 0.6 is 0 Å². The average molecular weight is 294 g/mol. The Hall–Kier alpha value is -2.31. The molecule has 1 aliphatic carbocycles. The second-order valence-electron chi connectivity index (χ2n) is 5.88. The highest BCUT2D eigenvalue weighted by Gasteiger charge is 2.26. The molecule has 7 nitrogen and oxygen atoms in total. The Morgan fingerprint density at radius 1 is 1.43 bits per heavy atom. The SMILES string of the molecule is CC(C)(C)OC(=O)O[C@H]1C=C[C@@H](n2ccc([N+](=O)[O-])c2)C1. The van der Waals surface area contributed by atoms with E-state index in [1.54, 1.807) is 37.6 Å². The Kier molecular flexibility index (Phi) is 4.02. The van der Waals surface area contributed by atoms with Gasteiger partial charge < -0.3 is 14.0 Å². The fraction of sp³-hybridized carbons (Fsp3) is 0.500. The topological polar surface area (TPSA) is 83.6 Å². The fourth-order valence-corrected chi connectivity index (χ4v) is 2.07. The summed E-state index contributed by atoms with van der Waals surface area (Å²) in [6.07, 6.45) is 6.17. The molecule has 0 aliphatic heterocycles. The van der Waals surface area contributed by atoms with Gasteiger partial charge in [0.1, 0.15) is 11.7 Å². The van der Waals surface area contributed by atoms with Crippen LogP contribution in [0.15, 0.2) is 30.6 Å². The van der Waals surface area contributed by atoms with Crippen LogP contribution in [0, 0.1) is 10.1 Å². The third-order valence-corrected chi connectivity index (χ3v) is 2.95. The summed E-state index contributed by atoms with van der Waals surface area (Å²) in [5.41, 5.74) is -0.556. The van der Waals surface area contributed by atoms with Gasteiger partial charge in [-0.1, -0.05) is 6.08 Å². The molecule has 1 heterocycles. The minimum Gasteiger partial charge on any atom is -0.429 e. The molecule has 7 heteroatoms. The van der Waals surface area contributed by atoms with Gasteiger partial charge in [-0.2, -0.15) is 0 Å². The molecular weight excluding hydrogens is 276 g/mol. The number of rotatable bonds is 3. The second-order valence-corrected chi connectivity index (χ2v) is 5.88. The third kappa shape index (κ3) is 4.08. The zero-order valence-electron chi connectivity index (χ0n) is 12.2. The van der Waals surface area contributed by atoms with Crippen molar-refractivity contribution >= 4 is 11.8 Å². The summed E-state index contributed by atoms with van der Waals surface area (Å²) in [7, 11) is 0. The van der Waals surface area contributed by atoms with E-state index in [0.717, 1.165) is 0 Å². The van der Waals surface area contributed by atoms with E-state index < -0.39 is 16.7 Å². The average Bonchev–Trinajstić information content (AvgIpc) is 2.93. The van der Waals surface area contributed by atoms with Crippen molar-refractivity contribution in [1.29, 1.82) is 0 Å². The molecule has 21 heavy (non-hydrogen) atoms. The zero-order chi connectivity index (χ0) is 15.6. The zero-order valence-corrected chi connectivity index (χ0v) is 12.2. The van der Waals surface area contributed by atoms with Gasteiger partial charge >= 0.3 is 6.16 Å². The molecule has 0 spiro atoms. The lowest BCUT2D eigenvalue weighted by Gasteiger charge is -2.20. The number of nitrogens with zero attached hydrogens (tertiary/aromatic N) is 2. The lowest BCUT2D eigenvalue weighted by atomic mass is 10.2. The quantitative estimate of drug-likeness (QED) is 0.370. The summed E-state index contributed by atoms with van der Waals surface area (Å²) < 4.78 is 12.0. The molecule has 0 saturated heterocycles. The second kappa shape index (κ2) is 5.59. The number of carbonyl (C=O) groups excluding carboxylic acids is 1. The van der Waals surface area contributed by atoms with Gasteiger partial charge in [-0.05, 0) is 26.8 Å². The summed E-state index contributed by atoms with van der Waals surface area (Å²) in [5, 5.41) is 10.7. The summed E-state index contributed by atoms with van der Waals surface area (Å²) >= 11 is 0. The van der Waals surface area contributed by atoms with Gasteiger partial charge in [0.05, 0.1) is 17.2 Å². The molecule has 0 bridgehead atoms. The van der Waals surface area contributed by atoms with E-state index in [2.05, 4.69) is 0 Å². The van der Waals surface area contributed by atoms with Crippen LogP contribution in [0.2, 0.25) is 0 Å². The van der Waals surface area contributed by atoms with Crippen LogP contribution in [0.3, 0.4) is 0 Å². The Morgan fingerprint density at radius 3 is 2.71 bits per heavy atom. The van der Waals surface area contributed by atoms with Crippen molar-refractivity contribution in [3.63, 3.8) is 0 Å². The van der Waals surface area contributed by atoms with Crippen molar-refractivity contribution in [3.05, 3.63) is 40.7 Å². The number of allylic oxidation sites excluding steroid dienone is 1. The van der Waals surface area contributed by atoms with Crippen molar-refractivity contribution in [2.24, 2.45) is 0 Å². The van der Waals surface area contributed by atoms with Gasteiger partial charge in [-0.15, -0.1) is 0 Å². The molecule has 0 amide bonds. The van der Waals surface area contributed by atoms with E-state index in [4.69, 9.17) is 9.47 Å². The van der Waals surface area contributed by atoms with Crippen LogP contribution in [0.25, 0.3) is 0 Å². The van der Waals surface area contributed by atoms with Crippen molar-refractivity contribution in [2.45, 2.75) is 44.9 Å². The van der Waals surface area contributed by atoms with E-state index in [1.807, 2.05) is 6.08 Å².